The highest BCUT2D eigenvalue weighted by atomic mass is 16.5. The molecule has 0 atom stereocenters. The van der Waals surface area contributed by atoms with Gasteiger partial charge in [-0.1, -0.05) is 84.5 Å². The summed E-state index contributed by atoms with van der Waals surface area (Å²) < 4.78 is 10.9. The molecule has 4 nitrogen and oxygen atoms in total. The lowest BCUT2D eigenvalue weighted by Gasteiger charge is -2.23. The van der Waals surface area contributed by atoms with Crippen LogP contribution in [0, 0.1) is 11.3 Å². The molecule has 0 rings (SSSR count). The van der Waals surface area contributed by atoms with E-state index in [1.54, 1.807) is 0 Å². The quantitative estimate of drug-likeness (QED) is 0.148. The Labute approximate surface area is 187 Å². The van der Waals surface area contributed by atoms with Gasteiger partial charge in [0, 0.05) is 6.61 Å². The van der Waals surface area contributed by atoms with Crippen LogP contribution in [0.3, 0.4) is 0 Å². The summed E-state index contributed by atoms with van der Waals surface area (Å²) in [6, 6.07) is 0. The second-order valence-electron chi connectivity index (χ2n) is 9.52. The number of carbonyl (C=O) groups is 1. The standard InChI is InChI=1S/C26H52O4/c1-5-7-11-16-24(17-12-8-6-2)18-15-22-30-25(28)26(3,4)19-13-9-10-14-21-29-23-20-27/h24,27H,5-23H2,1-4H3. The van der Waals surface area contributed by atoms with Crippen molar-refractivity contribution < 1.29 is 19.4 Å². The molecule has 0 heterocycles. The Morgan fingerprint density at radius 1 is 0.767 bits per heavy atom. The molecule has 0 aliphatic heterocycles. The van der Waals surface area contributed by atoms with Gasteiger partial charge in [-0.3, -0.25) is 4.79 Å². The zero-order valence-corrected chi connectivity index (χ0v) is 20.7. The normalized spacial score (nSPS) is 11.9. The number of unbranched alkanes of at least 4 members (excludes halogenated alkanes) is 7. The molecule has 4 heteroatoms. The van der Waals surface area contributed by atoms with E-state index < -0.39 is 5.41 Å². The molecular weight excluding hydrogens is 376 g/mol. The van der Waals surface area contributed by atoms with Crippen LogP contribution in [0.5, 0.6) is 0 Å². The van der Waals surface area contributed by atoms with Crippen LogP contribution in [0.25, 0.3) is 0 Å². The van der Waals surface area contributed by atoms with Crippen LogP contribution in [0.15, 0.2) is 0 Å². The Kier molecular flexibility index (Phi) is 19.9. The summed E-state index contributed by atoms with van der Waals surface area (Å²) in [4.78, 5) is 12.5. The maximum Gasteiger partial charge on any atom is 0.311 e. The molecule has 0 radical (unpaired) electrons. The van der Waals surface area contributed by atoms with Crippen molar-refractivity contribution in [3.63, 3.8) is 0 Å². The summed E-state index contributed by atoms with van der Waals surface area (Å²) in [5.41, 5.74) is -0.394. The van der Waals surface area contributed by atoms with Gasteiger partial charge < -0.3 is 14.6 Å². The number of aliphatic hydroxyl groups excluding tert-OH is 1. The molecule has 30 heavy (non-hydrogen) atoms. The Morgan fingerprint density at radius 2 is 1.37 bits per heavy atom. The van der Waals surface area contributed by atoms with Gasteiger partial charge in [-0.15, -0.1) is 0 Å². The molecule has 0 saturated heterocycles. The Balaban J connectivity index is 3.96. The third-order valence-electron chi connectivity index (χ3n) is 6.05. The van der Waals surface area contributed by atoms with Gasteiger partial charge in [0.2, 0.25) is 0 Å². The molecule has 0 aliphatic rings. The third-order valence-corrected chi connectivity index (χ3v) is 6.05. The molecular formula is C26H52O4. The molecule has 180 valence electrons. The second kappa shape index (κ2) is 20.3. The monoisotopic (exact) mass is 428 g/mol. The average Bonchev–Trinajstić information content (AvgIpc) is 2.72. The van der Waals surface area contributed by atoms with Crippen molar-refractivity contribution in [3.05, 3.63) is 0 Å². The van der Waals surface area contributed by atoms with E-state index in [2.05, 4.69) is 13.8 Å². The lowest BCUT2D eigenvalue weighted by Crippen LogP contribution is -2.27. The first-order valence-corrected chi connectivity index (χ1v) is 12.8. The van der Waals surface area contributed by atoms with Crippen molar-refractivity contribution in [2.45, 2.75) is 124 Å². The highest BCUT2D eigenvalue weighted by Crippen LogP contribution is 2.27. The SMILES string of the molecule is CCCCCC(CCCCC)CCCOC(=O)C(C)(C)CCCCCCOCCO. The van der Waals surface area contributed by atoms with Crippen molar-refractivity contribution in [2.24, 2.45) is 11.3 Å². The number of ether oxygens (including phenoxy) is 2. The zero-order valence-electron chi connectivity index (χ0n) is 20.7. The third kappa shape index (κ3) is 17.1. The summed E-state index contributed by atoms with van der Waals surface area (Å²) in [6.07, 6.45) is 17.9. The van der Waals surface area contributed by atoms with Crippen LogP contribution >= 0.6 is 0 Å². The van der Waals surface area contributed by atoms with E-state index in [1.807, 2.05) is 13.8 Å². The van der Waals surface area contributed by atoms with Gasteiger partial charge in [0.15, 0.2) is 0 Å². The fourth-order valence-corrected chi connectivity index (χ4v) is 3.92. The molecule has 0 amide bonds. The van der Waals surface area contributed by atoms with Crippen molar-refractivity contribution in [3.8, 4) is 0 Å². The fraction of sp³-hybridized carbons (Fsp3) is 0.962. The van der Waals surface area contributed by atoms with E-state index in [0.717, 1.165) is 44.4 Å². The highest BCUT2D eigenvalue weighted by molar-refractivity contribution is 5.75. The maximum absolute atomic E-state index is 12.5. The van der Waals surface area contributed by atoms with Gasteiger partial charge in [-0.05, 0) is 45.4 Å². The van der Waals surface area contributed by atoms with E-state index in [9.17, 15) is 4.79 Å². The summed E-state index contributed by atoms with van der Waals surface area (Å²) in [6.45, 7) is 10.4. The van der Waals surface area contributed by atoms with Gasteiger partial charge >= 0.3 is 5.97 Å². The number of carbonyl (C=O) groups excluding carboxylic acids is 1. The van der Waals surface area contributed by atoms with E-state index in [1.165, 1.54) is 57.8 Å². The molecule has 0 unspecified atom stereocenters. The second-order valence-corrected chi connectivity index (χ2v) is 9.52. The van der Waals surface area contributed by atoms with E-state index in [4.69, 9.17) is 14.6 Å². The van der Waals surface area contributed by atoms with E-state index >= 15 is 0 Å². The Hall–Kier alpha value is -0.610. The van der Waals surface area contributed by atoms with E-state index in [0.29, 0.717) is 19.8 Å². The minimum absolute atomic E-state index is 0.0395. The van der Waals surface area contributed by atoms with Crippen molar-refractivity contribution in [1.29, 1.82) is 0 Å². The Bertz CT molecular complexity index is 371. The van der Waals surface area contributed by atoms with Gasteiger partial charge in [-0.2, -0.15) is 0 Å². The first-order valence-electron chi connectivity index (χ1n) is 12.8. The van der Waals surface area contributed by atoms with Crippen LogP contribution in [0.2, 0.25) is 0 Å². The average molecular weight is 429 g/mol. The predicted molar refractivity (Wildman–Crippen MR) is 127 cm³/mol. The number of hydrogen-bond acceptors (Lipinski definition) is 4. The zero-order chi connectivity index (χ0) is 22.5. The fourth-order valence-electron chi connectivity index (χ4n) is 3.92. The lowest BCUT2D eigenvalue weighted by molar-refractivity contribution is -0.154. The van der Waals surface area contributed by atoms with Crippen molar-refractivity contribution >= 4 is 5.97 Å². The van der Waals surface area contributed by atoms with Crippen LogP contribution < -0.4 is 0 Å². The molecule has 0 saturated carbocycles. The first-order chi connectivity index (χ1) is 14.5. The van der Waals surface area contributed by atoms with Crippen LogP contribution in [0.4, 0.5) is 0 Å². The van der Waals surface area contributed by atoms with E-state index in [-0.39, 0.29) is 12.6 Å². The molecule has 0 bridgehead atoms. The molecule has 0 fully saturated rings. The van der Waals surface area contributed by atoms with Crippen LogP contribution in [-0.2, 0) is 14.3 Å². The molecule has 0 aromatic rings. The van der Waals surface area contributed by atoms with Gasteiger partial charge in [-0.25, -0.2) is 0 Å². The Morgan fingerprint density at radius 3 is 1.97 bits per heavy atom. The van der Waals surface area contributed by atoms with Gasteiger partial charge in [0.25, 0.3) is 0 Å². The van der Waals surface area contributed by atoms with Crippen molar-refractivity contribution in [2.75, 3.05) is 26.4 Å². The topological polar surface area (TPSA) is 55.8 Å². The maximum atomic E-state index is 12.5. The number of hydrogen-bond donors (Lipinski definition) is 1. The van der Waals surface area contributed by atoms with Gasteiger partial charge in [0.1, 0.15) is 0 Å². The van der Waals surface area contributed by atoms with Crippen LogP contribution in [-0.4, -0.2) is 37.5 Å². The largest absolute Gasteiger partial charge is 0.465 e. The minimum atomic E-state index is -0.394. The molecule has 0 spiro atoms. The number of rotatable bonds is 22. The molecule has 1 N–H and O–H groups in total. The lowest BCUT2D eigenvalue weighted by atomic mass is 9.87. The summed E-state index contributed by atoms with van der Waals surface area (Å²) >= 11 is 0. The molecule has 0 aromatic carbocycles. The minimum Gasteiger partial charge on any atom is -0.465 e. The summed E-state index contributed by atoms with van der Waals surface area (Å²) in [5.74, 6) is 0.762. The number of aliphatic hydroxyl groups is 1. The number of esters is 1. The molecule has 0 aromatic heterocycles. The van der Waals surface area contributed by atoms with Crippen molar-refractivity contribution in [1.82, 2.24) is 0 Å². The van der Waals surface area contributed by atoms with Crippen LogP contribution in [0.1, 0.15) is 124 Å². The first kappa shape index (κ1) is 29.4. The smallest absolute Gasteiger partial charge is 0.311 e. The summed E-state index contributed by atoms with van der Waals surface area (Å²) in [5, 5.41) is 8.67. The highest BCUT2D eigenvalue weighted by Gasteiger charge is 2.28. The molecule has 0 aliphatic carbocycles. The van der Waals surface area contributed by atoms with Gasteiger partial charge in [0.05, 0.1) is 25.2 Å². The predicted octanol–water partition coefficient (Wildman–Crippen LogP) is 7.07. The summed E-state index contributed by atoms with van der Waals surface area (Å²) in [7, 11) is 0.